The maximum absolute atomic E-state index is 9.96. The molecule has 0 amide bonds. The van der Waals surface area contributed by atoms with Crippen molar-refractivity contribution in [3.8, 4) is 0 Å². The van der Waals surface area contributed by atoms with Crippen molar-refractivity contribution in [1.29, 1.82) is 0 Å². The van der Waals surface area contributed by atoms with Crippen LogP contribution in [0.4, 0.5) is 0 Å². The summed E-state index contributed by atoms with van der Waals surface area (Å²) in [5.74, 6) is -0.750. The number of hydrogen-bond acceptors (Lipinski definition) is 6. The Hall–Kier alpha value is -0.240. The summed E-state index contributed by atoms with van der Waals surface area (Å²) < 4.78 is 16.4. The number of rotatable bonds is 3. The third-order valence-corrected chi connectivity index (χ3v) is 2.89. The summed E-state index contributed by atoms with van der Waals surface area (Å²) in [7, 11) is 0. The molecule has 2 saturated heterocycles. The molecular formula is C10H19NO5. The average molecular weight is 233 g/mol. The second-order valence-electron chi connectivity index (χ2n) is 4.70. The van der Waals surface area contributed by atoms with Gasteiger partial charge in [-0.25, -0.2) is 0 Å². The summed E-state index contributed by atoms with van der Waals surface area (Å²) in [5, 5.41) is 19.7. The highest BCUT2D eigenvalue weighted by Gasteiger charge is 2.55. The molecule has 0 radical (unpaired) electrons. The maximum Gasteiger partial charge on any atom is 0.190 e. The first kappa shape index (κ1) is 12.2. The second kappa shape index (κ2) is 4.21. The van der Waals surface area contributed by atoms with Crippen molar-refractivity contribution >= 4 is 0 Å². The molecule has 4 N–H and O–H groups in total. The van der Waals surface area contributed by atoms with E-state index in [9.17, 15) is 10.2 Å². The van der Waals surface area contributed by atoms with Crippen LogP contribution >= 0.6 is 0 Å². The molecule has 16 heavy (non-hydrogen) atoms. The Morgan fingerprint density at radius 2 is 2.06 bits per heavy atom. The third-order valence-electron chi connectivity index (χ3n) is 2.89. The van der Waals surface area contributed by atoms with E-state index in [2.05, 4.69) is 0 Å². The van der Waals surface area contributed by atoms with E-state index in [0.29, 0.717) is 13.0 Å². The smallest absolute Gasteiger partial charge is 0.190 e. The van der Waals surface area contributed by atoms with Gasteiger partial charge in [0.25, 0.3) is 0 Å². The van der Waals surface area contributed by atoms with Crippen molar-refractivity contribution in [2.75, 3.05) is 6.54 Å². The van der Waals surface area contributed by atoms with E-state index in [1.807, 2.05) is 0 Å². The van der Waals surface area contributed by atoms with Gasteiger partial charge in [-0.1, -0.05) is 0 Å². The van der Waals surface area contributed by atoms with Gasteiger partial charge in [-0.3, -0.25) is 0 Å². The van der Waals surface area contributed by atoms with E-state index < -0.39 is 36.5 Å². The zero-order valence-corrected chi connectivity index (χ0v) is 9.50. The molecule has 6 nitrogen and oxygen atoms in total. The second-order valence-corrected chi connectivity index (χ2v) is 4.70. The van der Waals surface area contributed by atoms with Crippen LogP contribution in [0.1, 0.15) is 20.3 Å². The van der Waals surface area contributed by atoms with Gasteiger partial charge in [-0.05, 0) is 26.8 Å². The Bertz CT molecular complexity index is 260. The van der Waals surface area contributed by atoms with Crippen LogP contribution in [0.5, 0.6) is 0 Å². The van der Waals surface area contributed by atoms with Gasteiger partial charge >= 0.3 is 0 Å². The fraction of sp³-hybridized carbons (Fsp3) is 1.00. The predicted molar refractivity (Wildman–Crippen MR) is 54.4 cm³/mol. The number of aliphatic hydroxyl groups is 2. The van der Waals surface area contributed by atoms with Crippen molar-refractivity contribution < 1.29 is 24.4 Å². The zero-order valence-electron chi connectivity index (χ0n) is 9.50. The minimum Gasteiger partial charge on any atom is -0.390 e. The fourth-order valence-electron chi connectivity index (χ4n) is 2.17. The normalized spacial score (nSPS) is 43.3. The van der Waals surface area contributed by atoms with Crippen LogP contribution in [0.3, 0.4) is 0 Å². The number of nitrogens with two attached hydrogens (primary N) is 1. The van der Waals surface area contributed by atoms with Crippen LogP contribution in [-0.2, 0) is 14.2 Å². The van der Waals surface area contributed by atoms with E-state index >= 15 is 0 Å². The monoisotopic (exact) mass is 233 g/mol. The molecule has 0 aromatic rings. The molecule has 2 fully saturated rings. The van der Waals surface area contributed by atoms with Gasteiger partial charge < -0.3 is 30.2 Å². The number of fused-ring (bicyclic) bond motifs is 1. The molecule has 5 atom stereocenters. The van der Waals surface area contributed by atoms with E-state index in [-0.39, 0.29) is 0 Å². The van der Waals surface area contributed by atoms with E-state index in [4.69, 9.17) is 19.9 Å². The van der Waals surface area contributed by atoms with Crippen molar-refractivity contribution in [1.82, 2.24) is 0 Å². The Balaban J connectivity index is 1.99. The quantitative estimate of drug-likeness (QED) is 0.575. The molecule has 0 saturated carbocycles. The average Bonchev–Trinajstić information content (AvgIpc) is 2.62. The van der Waals surface area contributed by atoms with Crippen molar-refractivity contribution in [3.63, 3.8) is 0 Å². The van der Waals surface area contributed by atoms with Crippen molar-refractivity contribution in [2.45, 2.75) is 56.8 Å². The molecule has 94 valence electrons. The molecule has 0 spiro atoms. The van der Waals surface area contributed by atoms with Crippen molar-refractivity contribution in [3.05, 3.63) is 0 Å². The first-order chi connectivity index (χ1) is 7.44. The van der Waals surface area contributed by atoms with Crippen LogP contribution < -0.4 is 5.73 Å². The Kier molecular flexibility index (Phi) is 3.22. The van der Waals surface area contributed by atoms with Gasteiger partial charge in [0.05, 0.1) is 6.10 Å². The van der Waals surface area contributed by atoms with E-state index in [1.54, 1.807) is 13.8 Å². The minimum absolute atomic E-state index is 0.344. The summed E-state index contributed by atoms with van der Waals surface area (Å²) in [6.07, 6.45) is -3.12. The molecule has 2 aliphatic rings. The number of hydrogen-bond donors (Lipinski definition) is 3. The fourth-order valence-corrected chi connectivity index (χ4v) is 2.17. The molecule has 0 aromatic carbocycles. The first-order valence-corrected chi connectivity index (χ1v) is 5.52. The number of aliphatic hydroxyl groups excluding tert-OH is 2. The highest BCUT2D eigenvalue weighted by Crippen LogP contribution is 2.38. The summed E-state index contributed by atoms with van der Waals surface area (Å²) in [6, 6.07) is 0. The van der Waals surface area contributed by atoms with Gasteiger partial charge in [-0.2, -0.15) is 0 Å². The highest BCUT2D eigenvalue weighted by molar-refractivity contribution is 4.95. The molecule has 2 aliphatic heterocycles. The minimum atomic E-state index is -0.881. The standard InChI is InChI=1S/C10H19NO5/c1-10(2)15-8-6(13)7(5(12)3-4-11)14-9(8)16-10/h5-9,12-13H,3-4,11H2,1-2H3/t5-,6+,7-,8-,9-/m1/s1. The molecule has 2 heterocycles. The summed E-state index contributed by atoms with van der Waals surface area (Å²) in [6.45, 7) is 3.86. The molecular weight excluding hydrogens is 214 g/mol. The molecule has 0 aromatic heterocycles. The topological polar surface area (TPSA) is 94.2 Å². The largest absolute Gasteiger partial charge is 0.390 e. The molecule has 0 aliphatic carbocycles. The third kappa shape index (κ3) is 2.09. The van der Waals surface area contributed by atoms with Crippen LogP contribution in [0.25, 0.3) is 0 Å². The van der Waals surface area contributed by atoms with Gasteiger partial charge in [-0.15, -0.1) is 0 Å². The van der Waals surface area contributed by atoms with Crippen molar-refractivity contribution in [2.24, 2.45) is 5.73 Å². The van der Waals surface area contributed by atoms with Gasteiger partial charge in [0.15, 0.2) is 12.1 Å². The maximum atomic E-state index is 9.96. The summed E-state index contributed by atoms with van der Waals surface area (Å²) in [5.41, 5.74) is 5.34. The molecule has 2 rings (SSSR count). The lowest BCUT2D eigenvalue weighted by molar-refractivity contribution is -0.225. The zero-order chi connectivity index (χ0) is 11.9. The van der Waals surface area contributed by atoms with E-state index in [0.717, 1.165) is 0 Å². The SMILES string of the molecule is CC1(C)O[C@H]2O[C@H]([C@H](O)CCN)[C@H](O)[C@H]2O1. The van der Waals surface area contributed by atoms with E-state index in [1.165, 1.54) is 0 Å². The number of ether oxygens (including phenoxy) is 3. The Morgan fingerprint density at radius 1 is 1.38 bits per heavy atom. The Labute approximate surface area is 94.3 Å². The van der Waals surface area contributed by atoms with Crippen LogP contribution in [-0.4, -0.2) is 53.3 Å². The van der Waals surface area contributed by atoms with Gasteiger partial charge in [0.2, 0.25) is 0 Å². The molecule has 0 unspecified atom stereocenters. The first-order valence-electron chi connectivity index (χ1n) is 5.52. The summed E-state index contributed by atoms with van der Waals surface area (Å²) >= 11 is 0. The lowest BCUT2D eigenvalue weighted by atomic mass is 10.0. The highest BCUT2D eigenvalue weighted by atomic mass is 16.8. The van der Waals surface area contributed by atoms with Gasteiger partial charge in [0.1, 0.15) is 18.3 Å². The Morgan fingerprint density at radius 3 is 2.62 bits per heavy atom. The predicted octanol–water partition coefficient (Wildman–Crippen LogP) is -1.07. The lowest BCUT2D eigenvalue weighted by Gasteiger charge is -2.25. The lowest BCUT2D eigenvalue weighted by Crippen LogP contribution is -2.41. The molecule has 0 bridgehead atoms. The van der Waals surface area contributed by atoms with Crippen LogP contribution in [0, 0.1) is 0 Å². The summed E-state index contributed by atoms with van der Waals surface area (Å²) in [4.78, 5) is 0. The molecule has 6 heteroatoms. The van der Waals surface area contributed by atoms with Gasteiger partial charge in [0, 0.05) is 0 Å². The van der Waals surface area contributed by atoms with Crippen LogP contribution in [0.2, 0.25) is 0 Å². The van der Waals surface area contributed by atoms with Crippen LogP contribution in [0.15, 0.2) is 0 Å².